The van der Waals surface area contributed by atoms with Crippen LogP contribution in [-0.2, 0) is 6.54 Å². The highest BCUT2D eigenvalue weighted by atomic mass is 15.3. The zero-order valence-electron chi connectivity index (χ0n) is 17.0. The van der Waals surface area contributed by atoms with Crippen molar-refractivity contribution in [1.82, 2.24) is 9.80 Å². The van der Waals surface area contributed by atoms with E-state index in [9.17, 15) is 0 Å². The molecule has 5 rings (SSSR count). The molecular formula is C24H30N4. The van der Waals surface area contributed by atoms with Crippen molar-refractivity contribution in [2.24, 2.45) is 0 Å². The standard InChI is InChI=1S/C24H30N4/c1-18-6-5-7-20(19(18)2)16-26-12-14-27(15-13-26)24-17-28(21-10-11-21)23-9-4-3-8-22(23)25-24/h3-9,17,21,25H,10-16H2,1-2H3. The Labute approximate surface area is 168 Å². The average Bonchev–Trinajstić information content (AvgIpc) is 3.56. The summed E-state index contributed by atoms with van der Waals surface area (Å²) in [6.07, 6.45) is 4.96. The van der Waals surface area contributed by atoms with Crippen LogP contribution < -0.4 is 10.2 Å². The lowest BCUT2D eigenvalue weighted by Gasteiger charge is -2.40. The van der Waals surface area contributed by atoms with Gasteiger partial charge in [0.25, 0.3) is 0 Å². The number of fused-ring (bicyclic) bond motifs is 1. The van der Waals surface area contributed by atoms with E-state index in [0.29, 0.717) is 6.04 Å². The summed E-state index contributed by atoms with van der Waals surface area (Å²) in [5, 5.41) is 3.69. The Morgan fingerprint density at radius 1 is 0.929 bits per heavy atom. The fraction of sp³-hybridized carbons (Fsp3) is 0.417. The third kappa shape index (κ3) is 3.37. The summed E-state index contributed by atoms with van der Waals surface area (Å²) in [6.45, 7) is 9.89. The van der Waals surface area contributed by atoms with Gasteiger partial charge in [0.15, 0.2) is 0 Å². The Hall–Kier alpha value is -2.46. The quantitative estimate of drug-likeness (QED) is 0.860. The SMILES string of the molecule is Cc1cccc(CN2CCN(C3=CN(C4CC4)c4ccccc4N3)CC2)c1C. The van der Waals surface area contributed by atoms with Gasteiger partial charge in [-0.3, -0.25) is 4.90 Å². The average molecular weight is 375 g/mol. The molecule has 146 valence electrons. The van der Waals surface area contributed by atoms with Crippen molar-refractivity contribution in [2.45, 2.75) is 39.3 Å². The second-order valence-electron chi connectivity index (χ2n) is 8.42. The van der Waals surface area contributed by atoms with Crippen molar-refractivity contribution >= 4 is 11.4 Å². The summed E-state index contributed by atoms with van der Waals surface area (Å²) in [6, 6.07) is 16.1. The summed E-state index contributed by atoms with van der Waals surface area (Å²) in [4.78, 5) is 7.60. The largest absolute Gasteiger partial charge is 0.354 e. The summed E-state index contributed by atoms with van der Waals surface area (Å²) in [5.74, 6) is 1.26. The maximum absolute atomic E-state index is 3.69. The third-order valence-corrected chi connectivity index (χ3v) is 6.47. The number of rotatable bonds is 4. The molecule has 3 aliphatic rings. The molecule has 0 amide bonds. The van der Waals surface area contributed by atoms with Gasteiger partial charge in [-0.05, 0) is 55.5 Å². The van der Waals surface area contributed by atoms with Gasteiger partial charge in [-0.25, -0.2) is 0 Å². The molecule has 0 bridgehead atoms. The molecule has 0 radical (unpaired) electrons. The fourth-order valence-corrected chi connectivity index (χ4v) is 4.36. The van der Waals surface area contributed by atoms with Crippen LogP contribution in [0.25, 0.3) is 0 Å². The number of aryl methyl sites for hydroxylation is 1. The first-order valence-electron chi connectivity index (χ1n) is 10.6. The molecule has 1 saturated carbocycles. The van der Waals surface area contributed by atoms with Gasteiger partial charge in [0.05, 0.1) is 11.4 Å². The Morgan fingerprint density at radius 3 is 2.50 bits per heavy atom. The van der Waals surface area contributed by atoms with Crippen LogP contribution in [0.15, 0.2) is 54.5 Å². The van der Waals surface area contributed by atoms with Crippen LogP contribution in [0.2, 0.25) is 0 Å². The lowest BCUT2D eigenvalue weighted by Crippen LogP contribution is -2.47. The number of hydrogen-bond acceptors (Lipinski definition) is 4. The van der Waals surface area contributed by atoms with E-state index in [1.807, 2.05) is 0 Å². The molecule has 28 heavy (non-hydrogen) atoms. The van der Waals surface area contributed by atoms with Crippen molar-refractivity contribution in [3.8, 4) is 0 Å². The highest BCUT2D eigenvalue weighted by molar-refractivity contribution is 5.76. The molecule has 1 saturated heterocycles. The number of piperazine rings is 1. The number of nitrogens with one attached hydrogen (secondary N) is 1. The number of anilines is 2. The Kier molecular flexibility index (Phi) is 4.52. The maximum Gasteiger partial charge on any atom is 0.123 e. The first-order chi connectivity index (χ1) is 13.7. The van der Waals surface area contributed by atoms with Gasteiger partial charge in [0.1, 0.15) is 5.82 Å². The van der Waals surface area contributed by atoms with Gasteiger partial charge in [-0.2, -0.15) is 0 Å². The molecule has 2 fully saturated rings. The predicted molar refractivity (Wildman–Crippen MR) is 116 cm³/mol. The van der Waals surface area contributed by atoms with E-state index in [0.717, 1.165) is 32.7 Å². The van der Waals surface area contributed by atoms with Gasteiger partial charge >= 0.3 is 0 Å². The lowest BCUT2D eigenvalue weighted by molar-refractivity contribution is 0.153. The molecule has 1 aliphatic carbocycles. The normalized spacial score (nSPS) is 19.9. The Morgan fingerprint density at radius 2 is 1.71 bits per heavy atom. The molecule has 0 atom stereocenters. The molecule has 2 aromatic rings. The summed E-state index contributed by atoms with van der Waals surface area (Å²) in [5.41, 5.74) is 6.87. The Bertz CT molecular complexity index is 891. The van der Waals surface area contributed by atoms with Crippen LogP contribution in [0.5, 0.6) is 0 Å². The molecule has 1 N–H and O–H groups in total. The van der Waals surface area contributed by atoms with Crippen molar-refractivity contribution in [2.75, 3.05) is 36.4 Å². The van der Waals surface area contributed by atoms with E-state index in [2.05, 4.69) is 82.5 Å². The molecule has 4 nitrogen and oxygen atoms in total. The molecule has 4 heteroatoms. The zero-order chi connectivity index (χ0) is 19.1. The molecule has 0 aromatic heterocycles. The van der Waals surface area contributed by atoms with Gasteiger partial charge in [0.2, 0.25) is 0 Å². The Balaban J connectivity index is 1.26. The van der Waals surface area contributed by atoms with Crippen LogP contribution in [-0.4, -0.2) is 42.0 Å². The smallest absolute Gasteiger partial charge is 0.123 e. The number of benzene rings is 2. The zero-order valence-corrected chi connectivity index (χ0v) is 17.0. The number of hydrogen-bond donors (Lipinski definition) is 1. The van der Waals surface area contributed by atoms with Crippen LogP contribution in [0.4, 0.5) is 11.4 Å². The fourth-order valence-electron chi connectivity index (χ4n) is 4.36. The van der Waals surface area contributed by atoms with Crippen LogP contribution in [0.1, 0.15) is 29.5 Å². The van der Waals surface area contributed by atoms with Crippen LogP contribution in [0, 0.1) is 13.8 Å². The minimum Gasteiger partial charge on any atom is -0.354 e. The summed E-state index contributed by atoms with van der Waals surface area (Å²) >= 11 is 0. The minimum atomic E-state index is 0.684. The van der Waals surface area contributed by atoms with Crippen LogP contribution in [0.3, 0.4) is 0 Å². The molecule has 0 spiro atoms. The molecular weight excluding hydrogens is 344 g/mol. The van der Waals surface area contributed by atoms with Crippen molar-refractivity contribution in [1.29, 1.82) is 0 Å². The van der Waals surface area contributed by atoms with Gasteiger partial charge in [-0.15, -0.1) is 0 Å². The molecule has 0 unspecified atom stereocenters. The molecule has 2 heterocycles. The van der Waals surface area contributed by atoms with Gasteiger partial charge in [-0.1, -0.05) is 30.3 Å². The van der Waals surface area contributed by atoms with E-state index in [4.69, 9.17) is 0 Å². The summed E-state index contributed by atoms with van der Waals surface area (Å²) in [7, 11) is 0. The first kappa shape index (κ1) is 17.6. The number of para-hydroxylation sites is 2. The highest BCUT2D eigenvalue weighted by Crippen LogP contribution is 2.39. The second-order valence-corrected chi connectivity index (χ2v) is 8.42. The first-order valence-corrected chi connectivity index (χ1v) is 10.6. The van der Waals surface area contributed by atoms with Gasteiger partial charge in [0, 0.05) is 45.0 Å². The topological polar surface area (TPSA) is 21.8 Å². The highest BCUT2D eigenvalue weighted by Gasteiger charge is 2.33. The summed E-state index contributed by atoms with van der Waals surface area (Å²) < 4.78 is 0. The van der Waals surface area contributed by atoms with E-state index >= 15 is 0 Å². The van der Waals surface area contributed by atoms with Crippen molar-refractivity contribution < 1.29 is 0 Å². The van der Waals surface area contributed by atoms with E-state index in [-0.39, 0.29) is 0 Å². The molecule has 2 aliphatic heterocycles. The van der Waals surface area contributed by atoms with E-state index in [1.165, 1.54) is 46.7 Å². The predicted octanol–water partition coefficient (Wildman–Crippen LogP) is 4.31. The minimum absolute atomic E-state index is 0.684. The monoisotopic (exact) mass is 374 g/mol. The third-order valence-electron chi connectivity index (χ3n) is 6.47. The van der Waals surface area contributed by atoms with Crippen molar-refractivity contribution in [3.05, 3.63) is 71.2 Å². The van der Waals surface area contributed by atoms with E-state index < -0.39 is 0 Å². The lowest BCUT2D eigenvalue weighted by atomic mass is 10.0. The molecule has 2 aromatic carbocycles. The number of nitrogens with zero attached hydrogens (tertiary/aromatic N) is 3. The van der Waals surface area contributed by atoms with Crippen LogP contribution >= 0.6 is 0 Å². The second kappa shape index (κ2) is 7.17. The van der Waals surface area contributed by atoms with Gasteiger partial charge < -0.3 is 15.1 Å². The van der Waals surface area contributed by atoms with E-state index in [1.54, 1.807) is 0 Å². The van der Waals surface area contributed by atoms with Crippen molar-refractivity contribution in [3.63, 3.8) is 0 Å². The maximum atomic E-state index is 3.69.